The molecule has 0 unspecified atom stereocenters. The molecule has 0 aliphatic carbocycles. The summed E-state index contributed by atoms with van der Waals surface area (Å²) in [5.74, 6) is 0.853. The van der Waals surface area contributed by atoms with Gasteiger partial charge in [0.05, 0.1) is 0 Å². The predicted molar refractivity (Wildman–Crippen MR) is 69.6 cm³/mol. The number of hydrogen-bond acceptors (Lipinski definition) is 5. The van der Waals surface area contributed by atoms with Crippen LogP contribution in [0.1, 0.15) is 18.2 Å². The van der Waals surface area contributed by atoms with Gasteiger partial charge in [-0.05, 0) is 26.0 Å². The first-order valence-electron chi connectivity index (χ1n) is 5.54. The Morgan fingerprint density at radius 2 is 2.06 bits per heavy atom. The van der Waals surface area contributed by atoms with E-state index < -0.39 is 0 Å². The molecule has 2 aromatic rings. The molecule has 1 N–H and O–H groups in total. The van der Waals surface area contributed by atoms with E-state index in [9.17, 15) is 0 Å². The van der Waals surface area contributed by atoms with E-state index in [1.807, 2.05) is 31.2 Å². The number of aryl methyl sites for hydroxylation is 1. The van der Waals surface area contributed by atoms with E-state index in [0.29, 0.717) is 6.61 Å². The van der Waals surface area contributed by atoms with Gasteiger partial charge in [0.2, 0.25) is 0 Å². The number of aromatic nitrogens is 2. The first kappa shape index (κ1) is 11.9. The van der Waals surface area contributed by atoms with Gasteiger partial charge in [-0.1, -0.05) is 22.2 Å². The predicted octanol–water partition coefficient (Wildman–Crippen LogP) is 2.86. The average Bonchev–Trinajstić information content (AvgIpc) is 2.77. The highest BCUT2D eigenvalue weighted by molar-refractivity contribution is 7.10. The Hall–Kier alpha value is -1.62. The third kappa shape index (κ3) is 3.17. The second kappa shape index (κ2) is 5.63. The van der Waals surface area contributed by atoms with E-state index in [4.69, 9.17) is 4.74 Å². The van der Waals surface area contributed by atoms with Gasteiger partial charge in [0.1, 0.15) is 23.1 Å². The third-order valence-corrected chi connectivity index (χ3v) is 3.02. The van der Waals surface area contributed by atoms with Gasteiger partial charge in [0.15, 0.2) is 0 Å². The van der Waals surface area contributed by atoms with Crippen LogP contribution in [0, 0.1) is 6.92 Å². The van der Waals surface area contributed by atoms with E-state index in [2.05, 4.69) is 21.8 Å². The molecule has 0 amide bonds. The van der Waals surface area contributed by atoms with Gasteiger partial charge in [-0.25, -0.2) is 0 Å². The molecule has 4 nitrogen and oxygen atoms in total. The Morgan fingerprint density at radius 3 is 2.76 bits per heavy atom. The molecule has 0 spiro atoms. The zero-order valence-corrected chi connectivity index (χ0v) is 10.8. The van der Waals surface area contributed by atoms with E-state index in [-0.39, 0.29) is 0 Å². The number of anilines is 1. The van der Waals surface area contributed by atoms with Gasteiger partial charge in [0, 0.05) is 18.1 Å². The Morgan fingerprint density at radius 1 is 1.29 bits per heavy atom. The van der Waals surface area contributed by atoms with Crippen molar-refractivity contribution < 1.29 is 4.74 Å². The smallest absolute Gasteiger partial charge is 0.136 e. The lowest BCUT2D eigenvalue weighted by Gasteiger charge is -2.06. The number of hydrogen-bond donors (Lipinski definition) is 1. The Balaban J connectivity index is 1.97. The fraction of sp³-hybridized carbons (Fsp3) is 0.333. The molecule has 0 bridgehead atoms. The number of rotatable bonds is 5. The number of benzene rings is 1. The van der Waals surface area contributed by atoms with Gasteiger partial charge in [-0.2, -0.15) is 0 Å². The summed E-state index contributed by atoms with van der Waals surface area (Å²) in [6, 6.07) is 7.98. The molecule has 0 saturated carbocycles. The Labute approximate surface area is 105 Å². The van der Waals surface area contributed by atoms with E-state index in [0.717, 1.165) is 23.0 Å². The minimum absolute atomic E-state index is 0.446. The van der Waals surface area contributed by atoms with Crippen molar-refractivity contribution in [3.05, 3.63) is 35.5 Å². The maximum atomic E-state index is 5.66. The van der Waals surface area contributed by atoms with Crippen LogP contribution in [0.25, 0.3) is 0 Å². The van der Waals surface area contributed by atoms with Crippen LogP contribution in [0.15, 0.2) is 24.3 Å². The summed E-state index contributed by atoms with van der Waals surface area (Å²) in [4.78, 5) is 0. The summed E-state index contributed by atoms with van der Waals surface area (Å²) in [7, 11) is 0. The van der Waals surface area contributed by atoms with Gasteiger partial charge in [-0.15, -0.1) is 5.10 Å². The number of ether oxygens (including phenoxy) is 1. The quantitative estimate of drug-likeness (QED) is 0.885. The molecule has 0 fully saturated rings. The van der Waals surface area contributed by atoms with Crippen LogP contribution in [0.3, 0.4) is 0 Å². The van der Waals surface area contributed by atoms with E-state index in [1.54, 1.807) is 0 Å². The fourth-order valence-electron chi connectivity index (χ4n) is 1.38. The highest BCUT2D eigenvalue weighted by atomic mass is 32.1. The maximum absolute atomic E-state index is 5.66. The SMILES string of the molecule is CCNc1snnc1COc1ccc(C)cc1. The first-order chi connectivity index (χ1) is 8.29. The van der Waals surface area contributed by atoms with Crippen LogP contribution in [-0.2, 0) is 6.61 Å². The summed E-state index contributed by atoms with van der Waals surface area (Å²) in [5.41, 5.74) is 2.08. The second-order valence-electron chi connectivity index (χ2n) is 3.68. The van der Waals surface area contributed by atoms with Crippen molar-refractivity contribution in [1.82, 2.24) is 9.59 Å². The average molecular weight is 249 g/mol. The highest BCUT2D eigenvalue weighted by Gasteiger charge is 2.07. The van der Waals surface area contributed by atoms with Crippen molar-refractivity contribution >= 4 is 16.5 Å². The topological polar surface area (TPSA) is 47.0 Å². The normalized spacial score (nSPS) is 10.2. The molecule has 0 aliphatic rings. The molecule has 2 rings (SSSR count). The van der Waals surface area contributed by atoms with Crippen LogP contribution in [0.2, 0.25) is 0 Å². The lowest BCUT2D eigenvalue weighted by atomic mass is 10.2. The maximum Gasteiger partial charge on any atom is 0.136 e. The Bertz CT molecular complexity index is 467. The van der Waals surface area contributed by atoms with Crippen molar-refractivity contribution in [2.24, 2.45) is 0 Å². The molecule has 17 heavy (non-hydrogen) atoms. The Kier molecular flexibility index (Phi) is 3.93. The van der Waals surface area contributed by atoms with Crippen molar-refractivity contribution in [3.63, 3.8) is 0 Å². The molecule has 1 heterocycles. The van der Waals surface area contributed by atoms with Gasteiger partial charge < -0.3 is 10.1 Å². The molecule has 0 radical (unpaired) electrons. The zero-order valence-electron chi connectivity index (χ0n) is 9.93. The zero-order chi connectivity index (χ0) is 12.1. The summed E-state index contributed by atoms with van der Waals surface area (Å²) in [5, 5.41) is 8.25. The molecule has 0 atom stereocenters. The van der Waals surface area contributed by atoms with Gasteiger partial charge in [0.25, 0.3) is 0 Å². The first-order valence-corrected chi connectivity index (χ1v) is 6.31. The van der Waals surface area contributed by atoms with Crippen molar-refractivity contribution in [2.75, 3.05) is 11.9 Å². The van der Waals surface area contributed by atoms with Crippen molar-refractivity contribution in [2.45, 2.75) is 20.5 Å². The van der Waals surface area contributed by atoms with Crippen LogP contribution in [-0.4, -0.2) is 16.1 Å². The van der Waals surface area contributed by atoms with E-state index in [1.165, 1.54) is 17.1 Å². The molecular weight excluding hydrogens is 234 g/mol. The molecular formula is C12H15N3OS. The fourth-order valence-corrected chi connectivity index (χ4v) is 2.02. The van der Waals surface area contributed by atoms with Crippen molar-refractivity contribution in [1.29, 1.82) is 0 Å². The molecule has 90 valence electrons. The molecule has 5 heteroatoms. The minimum Gasteiger partial charge on any atom is -0.487 e. The standard InChI is InChI=1S/C12H15N3OS/c1-3-13-12-11(14-15-17-12)8-16-10-6-4-9(2)5-7-10/h4-7,13H,3,8H2,1-2H3. The summed E-state index contributed by atoms with van der Waals surface area (Å²) >= 11 is 1.36. The van der Waals surface area contributed by atoms with Crippen LogP contribution >= 0.6 is 11.5 Å². The van der Waals surface area contributed by atoms with Crippen LogP contribution < -0.4 is 10.1 Å². The third-order valence-electron chi connectivity index (χ3n) is 2.29. The monoisotopic (exact) mass is 249 g/mol. The van der Waals surface area contributed by atoms with Gasteiger partial charge >= 0.3 is 0 Å². The summed E-state index contributed by atoms with van der Waals surface area (Å²) < 4.78 is 9.57. The lowest BCUT2D eigenvalue weighted by Crippen LogP contribution is -2.02. The summed E-state index contributed by atoms with van der Waals surface area (Å²) in [6.45, 7) is 5.41. The summed E-state index contributed by atoms with van der Waals surface area (Å²) in [6.07, 6.45) is 0. The van der Waals surface area contributed by atoms with Gasteiger partial charge in [-0.3, -0.25) is 0 Å². The number of nitrogens with zero attached hydrogens (tertiary/aromatic N) is 2. The molecule has 1 aromatic heterocycles. The molecule has 1 aromatic carbocycles. The second-order valence-corrected chi connectivity index (χ2v) is 4.43. The van der Waals surface area contributed by atoms with Crippen LogP contribution in [0.5, 0.6) is 5.75 Å². The highest BCUT2D eigenvalue weighted by Crippen LogP contribution is 2.20. The largest absolute Gasteiger partial charge is 0.487 e. The van der Waals surface area contributed by atoms with Crippen molar-refractivity contribution in [3.8, 4) is 5.75 Å². The van der Waals surface area contributed by atoms with Crippen LogP contribution in [0.4, 0.5) is 5.00 Å². The number of nitrogens with one attached hydrogen (secondary N) is 1. The molecule has 0 aliphatic heterocycles. The minimum atomic E-state index is 0.446. The lowest BCUT2D eigenvalue weighted by molar-refractivity contribution is 0.301. The van der Waals surface area contributed by atoms with E-state index >= 15 is 0 Å². The molecule has 0 saturated heterocycles.